The summed E-state index contributed by atoms with van der Waals surface area (Å²) in [5.41, 5.74) is 9.19. The monoisotopic (exact) mass is 247 g/mol. The Morgan fingerprint density at radius 2 is 2.00 bits per heavy atom. The van der Waals surface area contributed by atoms with E-state index < -0.39 is 0 Å². The molecule has 1 fully saturated rings. The molecule has 0 bridgehead atoms. The number of hydrogen-bond acceptors (Lipinski definition) is 3. The van der Waals surface area contributed by atoms with Crippen LogP contribution in [0, 0.1) is 12.8 Å². The Kier molecular flexibility index (Phi) is 4.12. The lowest BCUT2D eigenvalue weighted by molar-refractivity contribution is 0.222. The number of likely N-dealkylation sites (tertiary alicyclic amines) is 1. The molecule has 0 unspecified atom stereocenters. The molecule has 1 saturated heterocycles. The number of nitrogens with zero attached hydrogens (tertiary/aromatic N) is 2. The number of nitrogen functional groups attached to an aromatic ring is 1. The molecule has 0 atom stereocenters. The summed E-state index contributed by atoms with van der Waals surface area (Å²) >= 11 is 0. The molecule has 2 rings (SSSR count). The van der Waals surface area contributed by atoms with Gasteiger partial charge in [0.25, 0.3) is 0 Å². The molecular formula is C15H25N3. The lowest BCUT2D eigenvalue weighted by Gasteiger charge is -2.32. The summed E-state index contributed by atoms with van der Waals surface area (Å²) in [6, 6.07) is 6.32. The first-order chi connectivity index (χ1) is 8.56. The molecule has 0 amide bonds. The number of piperidine rings is 1. The van der Waals surface area contributed by atoms with E-state index in [1.54, 1.807) is 0 Å². The van der Waals surface area contributed by atoms with Gasteiger partial charge in [0.05, 0.1) is 0 Å². The van der Waals surface area contributed by atoms with Crippen LogP contribution in [0.1, 0.15) is 18.4 Å². The molecule has 1 aliphatic rings. The van der Waals surface area contributed by atoms with E-state index in [1.165, 1.54) is 37.2 Å². The molecule has 1 heterocycles. The number of anilines is 2. The van der Waals surface area contributed by atoms with Gasteiger partial charge in [-0.15, -0.1) is 0 Å². The molecule has 0 saturated carbocycles. The first kappa shape index (κ1) is 13.2. The molecule has 0 spiro atoms. The molecule has 1 aliphatic heterocycles. The van der Waals surface area contributed by atoms with Crippen molar-refractivity contribution >= 4 is 11.4 Å². The van der Waals surface area contributed by atoms with E-state index in [1.807, 2.05) is 6.07 Å². The molecule has 3 heteroatoms. The summed E-state index contributed by atoms with van der Waals surface area (Å²) in [4.78, 5) is 4.78. The lowest BCUT2D eigenvalue weighted by Crippen LogP contribution is -2.35. The first-order valence-electron chi connectivity index (χ1n) is 6.82. The molecule has 0 radical (unpaired) electrons. The van der Waals surface area contributed by atoms with Gasteiger partial charge in [0.1, 0.15) is 0 Å². The molecule has 100 valence electrons. The fraction of sp³-hybridized carbons (Fsp3) is 0.600. The van der Waals surface area contributed by atoms with Crippen molar-refractivity contribution in [3.63, 3.8) is 0 Å². The van der Waals surface area contributed by atoms with E-state index in [2.05, 4.69) is 43.0 Å². The molecule has 3 nitrogen and oxygen atoms in total. The molecule has 0 aromatic heterocycles. The second-order valence-electron chi connectivity index (χ2n) is 5.67. The van der Waals surface area contributed by atoms with Crippen LogP contribution < -0.4 is 10.6 Å². The molecule has 2 N–H and O–H groups in total. The van der Waals surface area contributed by atoms with Gasteiger partial charge < -0.3 is 15.5 Å². The highest BCUT2D eigenvalue weighted by Gasteiger charge is 2.18. The Labute approximate surface area is 111 Å². The van der Waals surface area contributed by atoms with Crippen LogP contribution in [0.2, 0.25) is 0 Å². The summed E-state index contributed by atoms with van der Waals surface area (Å²) in [6.45, 7) is 5.69. The summed E-state index contributed by atoms with van der Waals surface area (Å²) in [5, 5.41) is 0. The zero-order valence-corrected chi connectivity index (χ0v) is 11.8. The largest absolute Gasteiger partial charge is 0.399 e. The van der Waals surface area contributed by atoms with Crippen LogP contribution in [0.25, 0.3) is 0 Å². The van der Waals surface area contributed by atoms with Gasteiger partial charge in [-0.1, -0.05) is 0 Å². The van der Waals surface area contributed by atoms with Gasteiger partial charge in [0, 0.05) is 25.0 Å². The average Bonchev–Trinajstić information content (AvgIpc) is 2.35. The standard InChI is InChI=1S/C15H25N3/c1-12-10-14(4-5-15(12)16)18(3)11-13-6-8-17(2)9-7-13/h4-5,10,13H,6-9,11,16H2,1-3H3. The quantitative estimate of drug-likeness (QED) is 0.832. The summed E-state index contributed by atoms with van der Waals surface area (Å²) < 4.78 is 0. The maximum absolute atomic E-state index is 5.86. The summed E-state index contributed by atoms with van der Waals surface area (Å²) in [6.07, 6.45) is 2.63. The van der Waals surface area contributed by atoms with Gasteiger partial charge in [-0.25, -0.2) is 0 Å². The highest BCUT2D eigenvalue weighted by molar-refractivity contribution is 5.57. The topological polar surface area (TPSA) is 32.5 Å². The van der Waals surface area contributed by atoms with E-state index in [9.17, 15) is 0 Å². The SMILES string of the molecule is Cc1cc(N(C)CC2CCN(C)CC2)ccc1N. The van der Waals surface area contributed by atoms with Gasteiger partial charge in [-0.05, 0) is 69.6 Å². The maximum Gasteiger partial charge on any atom is 0.0367 e. The van der Waals surface area contributed by atoms with Crippen molar-refractivity contribution < 1.29 is 0 Å². The van der Waals surface area contributed by atoms with Crippen LogP contribution in [0.4, 0.5) is 11.4 Å². The van der Waals surface area contributed by atoms with E-state index in [4.69, 9.17) is 5.73 Å². The van der Waals surface area contributed by atoms with Gasteiger partial charge in [0.15, 0.2) is 0 Å². The Bertz CT molecular complexity index is 395. The highest BCUT2D eigenvalue weighted by Crippen LogP contribution is 2.23. The van der Waals surface area contributed by atoms with Gasteiger partial charge >= 0.3 is 0 Å². The summed E-state index contributed by atoms with van der Waals surface area (Å²) in [5.74, 6) is 0.823. The Morgan fingerprint density at radius 3 is 2.61 bits per heavy atom. The molecule has 1 aromatic rings. The van der Waals surface area contributed by atoms with Gasteiger partial charge in [-0.3, -0.25) is 0 Å². The fourth-order valence-electron chi connectivity index (χ4n) is 2.63. The first-order valence-corrected chi connectivity index (χ1v) is 6.82. The molecular weight excluding hydrogens is 222 g/mol. The van der Waals surface area contributed by atoms with Crippen molar-refractivity contribution in [3.05, 3.63) is 23.8 Å². The second kappa shape index (κ2) is 5.61. The summed E-state index contributed by atoms with van der Waals surface area (Å²) in [7, 11) is 4.40. The number of benzene rings is 1. The van der Waals surface area contributed by atoms with Gasteiger partial charge in [-0.2, -0.15) is 0 Å². The predicted octanol–water partition coefficient (Wildman–Crippen LogP) is 2.36. The van der Waals surface area contributed by atoms with Crippen LogP contribution in [0.3, 0.4) is 0 Å². The smallest absolute Gasteiger partial charge is 0.0367 e. The van der Waals surface area contributed by atoms with E-state index in [0.29, 0.717) is 0 Å². The van der Waals surface area contributed by atoms with Crippen LogP contribution in [0.5, 0.6) is 0 Å². The molecule has 18 heavy (non-hydrogen) atoms. The van der Waals surface area contributed by atoms with Gasteiger partial charge in [0.2, 0.25) is 0 Å². The molecule has 0 aliphatic carbocycles. The number of aryl methyl sites for hydroxylation is 1. The zero-order valence-electron chi connectivity index (χ0n) is 11.8. The van der Waals surface area contributed by atoms with Crippen molar-refractivity contribution in [3.8, 4) is 0 Å². The van der Waals surface area contributed by atoms with Crippen molar-refractivity contribution in [2.24, 2.45) is 5.92 Å². The predicted molar refractivity (Wildman–Crippen MR) is 79.1 cm³/mol. The lowest BCUT2D eigenvalue weighted by atomic mass is 9.96. The Balaban J connectivity index is 1.94. The zero-order chi connectivity index (χ0) is 13.1. The fourth-order valence-corrected chi connectivity index (χ4v) is 2.63. The Morgan fingerprint density at radius 1 is 1.33 bits per heavy atom. The van der Waals surface area contributed by atoms with Crippen molar-refractivity contribution in [2.75, 3.05) is 44.4 Å². The van der Waals surface area contributed by atoms with E-state index in [-0.39, 0.29) is 0 Å². The maximum atomic E-state index is 5.86. The second-order valence-corrected chi connectivity index (χ2v) is 5.67. The third-order valence-electron chi connectivity index (χ3n) is 4.06. The Hall–Kier alpha value is -1.22. The van der Waals surface area contributed by atoms with Crippen LogP contribution >= 0.6 is 0 Å². The number of hydrogen-bond donors (Lipinski definition) is 1. The number of rotatable bonds is 3. The van der Waals surface area contributed by atoms with Crippen LogP contribution in [-0.4, -0.2) is 38.6 Å². The number of nitrogens with two attached hydrogens (primary N) is 1. The van der Waals surface area contributed by atoms with Crippen LogP contribution in [0.15, 0.2) is 18.2 Å². The third-order valence-corrected chi connectivity index (χ3v) is 4.06. The minimum atomic E-state index is 0.823. The molecule has 1 aromatic carbocycles. The minimum Gasteiger partial charge on any atom is -0.399 e. The average molecular weight is 247 g/mol. The van der Waals surface area contributed by atoms with Crippen molar-refractivity contribution in [1.29, 1.82) is 0 Å². The van der Waals surface area contributed by atoms with Crippen molar-refractivity contribution in [2.45, 2.75) is 19.8 Å². The normalized spacial score (nSPS) is 17.9. The highest BCUT2D eigenvalue weighted by atomic mass is 15.1. The van der Waals surface area contributed by atoms with E-state index >= 15 is 0 Å². The minimum absolute atomic E-state index is 0.823. The van der Waals surface area contributed by atoms with Crippen LogP contribution in [-0.2, 0) is 0 Å². The van der Waals surface area contributed by atoms with E-state index in [0.717, 1.165) is 18.2 Å². The van der Waals surface area contributed by atoms with Crippen molar-refractivity contribution in [1.82, 2.24) is 4.90 Å². The third kappa shape index (κ3) is 3.16.